The van der Waals surface area contributed by atoms with Crippen LogP contribution >= 0.6 is 15.9 Å². The van der Waals surface area contributed by atoms with E-state index in [9.17, 15) is 0 Å². The SMILES string of the molecule is CN1CCN=C1N[C@@H]1C[C@H]1c1ccc(Br)cc1. The summed E-state index contributed by atoms with van der Waals surface area (Å²) in [5, 5.41) is 3.53. The van der Waals surface area contributed by atoms with Crippen molar-refractivity contribution in [1.29, 1.82) is 0 Å². The quantitative estimate of drug-likeness (QED) is 0.905. The Bertz CT molecular complexity index is 440. The average Bonchev–Trinajstić information content (AvgIpc) is 2.97. The van der Waals surface area contributed by atoms with Crippen LogP contribution in [0.15, 0.2) is 33.7 Å². The molecule has 0 bridgehead atoms. The number of halogens is 1. The Morgan fingerprint density at radius 1 is 1.35 bits per heavy atom. The second-order valence-electron chi connectivity index (χ2n) is 4.77. The molecule has 1 N–H and O–H groups in total. The second-order valence-corrected chi connectivity index (χ2v) is 5.69. The van der Waals surface area contributed by atoms with Gasteiger partial charge in [-0.25, -0.2) is 0 Å². The molecule has 1 aliphatic heterocycles. The van der Waals surface area contributed by atoms with Gasteiger partial charge in [-0.2, -0.15) is 0 Å². The number of hydrogen-bond donors (Lipinski definition) is 1. The largest absolute Gasteiger partial charge is 0.353 e. The van der Waals surface area contributed by atoms with Gasteiger partial charge in [0.15, 0.2) is 5.96 Å². The molecule has 4 heteroatoms. The minimum absolute atomic E-state index is 0.565. The van der Waals surface area contributed by atoms with Crippen LogP contribution in [0.1, 0.15) is 17.9 Å². The van der Waals surface area contributed by atoms with E-state index in [4.69, 9.17) is 0 Å². The van der Waals surface area contributed by atoms with Gasteiger partial charge in [-0.05, 0) is 24.1 Å². The highest BCUT2D eigenvalue weighted by Crippen LogP contribution is 2.41. The number of guanidine groups is 1. The Balaban J connectivity index is 1.61. The topological polar surface area (TPSA) is 27.6 Å². The van der Waals surface area contributed by atoms with Gasteiger partial charge in [0.25, 0.3) is 0 Å². The molecule has 1 aromatic rings. The van der Waals surface area contributed by atoms with Crippen LogP contribution in [0.5, 0.6) is 0 Å². The van der Waals surface area contributed by atoms with E-state index in [1.807, 2.05) is 0 Å². The molecular weight excluding hydrogens is 278 g/mol. The predicted octanol–water partition coefficient (Wildman–Crippen LogP) is 2.20. The lowest BCUT2D eigenvalue weighted by molar-refractivity contribution is 0.532. The summed E-state index contributed by atoms with van der Waals surface area (Å²) in [4.78, 5) is 6.65. The molecule has 2 aliphatic rings. The summed E-state index contributed by atoms with van der Waals surface area (Å²) >= 11 is 3.47. The van der Waals surface area contributed by atoms with Gasteiger partial charge in [0, 0.05) is 30.0 Å². The predicted molar refractivity (Wildman–Crippen MR) is 73.4 cm³/mol. The molecule has 3 nitrogen and oxygen atoms in total. The van der Waals surface area contributed by atoms with Crippen LogP contribution < -0.4 is 5.32 Å². The van der Waals surface area contributed by atoms with E-state index in [1.54, 1.807) is 0 Å². The molecule has 0 unspecified atom stereocenters. The van der Waals surface area contributed by atoms with E-state index in [-0.39, 0.29) is 0 Å². The Kier molecular flexibility index (Phi) is 2.82. The van der Waals surface area contributed by atoms with Crippen molar-refractivity contribution in [2.75, 3.05) is 20.1 Å². The third-order valence-electron chi connectivity index (χ3n) is 3.46. The monoisotopic (exact) mass is 293 g/mol. The zero-order chi connectivity index (χ0) is 11.8. The maximum Gasteiger partial charge on any atom is 0.194 e. The van der Waals surface area contributed by atoms with Gasteiger partial charge in [-0.3, -0.25) is 4.99 Å². The molecule has 3 rings (SSSR count). The molecule has 90 valence electrons. The number of benzene rings is 1. The molecule has 0 saturated heterocycles. The zero-order valence-electron chi connectivity index (χ0n) is 9.86. The normalized spacial score (nSPS) is 26.9. The molecule has 17 heavy (non-hydrogen) atoms. The van der Waals surface area contributed by atoms with Crippen molar-refractivity contribution in [3.63, 3.8) is 0 Å². The molecule has 1 aromatic carbocycles. The minimum Gasteiger partial charge on any atom is -0.353 e. The number of rotatable bonds is 2. The zero-order valence-corrected chi connectivity index (χ0v) is 11.4. The van der Waals surface area contributed by atoms with Crippen molar-refractivity contribution in [2.24, 2.45) is 4.99 Å². The van der Waals surface area contributed by atoms with Crippen LogP contribution in [0.25, 0.3) is 0 Å². The summed E-state index contributed by atoms with van der Waals surface area (Å²) in [6.07, 6.45) is 1.22. The minimum atomic E-state index is 0.565. The second kappa shape index (κ2) is 4.33. The smallest absolute Gasteiger partial charge is 0.194 e. The molecular formula is C13H16BrN3. The number of nitrogens with zero attached hydrogens (tertiary/aromatic N) is 2. The van der Waals surface area contributed by atoms with E-state index in [0.717, 1.165) is 23.5 Å². The molecule has 1 aliphatic carbocycles. The highest BCUT2D eigenvalue weighted by atomic mass is 79.9. The molecule has 1 heterocycles. The number of nitrogens with one attached hydrogen (secondary N) is 1. The molecule has 0 aromatic heterocycles. The van der Waals surface area contributed by atoms with Gasteiger partial charge >= 0.3 is 0 Å². The molecule has 1 fully saturated rings. The van der Waals surface area contributed by atoms with Crippen LogP contribution in [-0.2, 0) is 0 Å². The fourth-order valence-electron chi connectivity index (χ4n) is 2.29. The van der Waals surface area contributed by atoms with E-state index in [0.29, 0.717) is 12.0 Å². The Hall–Kier alpha value is -1.03. The first-order chi connectivity index (χ1) is 8.24. The van der Waals surface area contributed by atoms with Gasteiger partial charge < -0.3 is 10.2 Å². The van der Waals surface area contributed by atoms with Gasteiger partial charge in [0.1, 0.15) is 0 Å². The Morgan fingerprint density at radius 3 is 2.76 bits per heavy atom. The first kappa shape index (κ1) is 11.1. The summed E-state index contributed by atoms with van der Waals surface area (Å²) in [5.74, 6) is 1.72. The first-order valence-electron chi connectivity index (χ1n) is 6.01. The summed E-state index contributed by atoms with van der Waals surface area (Å²) < 4.78 is 1.14. The lowest BCUT2D eigenvalue weighted by atomic mass is 10.1. The third-order valence-corrected chi connectivity index (χ3v) is 3.99. The van der Waals surface area contributed by atoms with Crippen LogP contribution in [-0.4, -0.2) is 37.0 Å². The number of hydrogen-bond acceptors (Lipinski definition) is 3. The van der Waals surface area contributed by atoms with Crippen molar-refractivity contribution in [2.45, 2.75) is 18.4 Å². The van der Waals surface area contributed by atoms with Crippen molar-refractivity contribution in [1.82, 2.24) is 10.2 Å². The summed E-state index contributed by atoms with van der Waals surface area (Å²) in [6.45, 7) is 1.96. The lowest BCUT2D eigenvalue weighted by Crippen LogP contribution is -2.37. The molecule has 0 radical (unpaired) electrons. The van der Waals surface area contributed by atoms with E-state index in [1.165, 1.54) is 12.0 Å². The lowest BCUT2D eigenvalue weighted by Gasteiger charge is -2.15. The van der Waals surface area contributed by atoms with Crippen molar-refractivity contribution in [3.8, 4) is 0 Å². The molecule has 1 saturated carbocycles. The van der Waals surface area contributed by atoms with E-state index < -0.39 is 0 Å². The molecule has 0 spiro atoms. The van der Waals surface area contributed by atoms with Crippen molar-refractivity contribution < 1.29 is 0 Å². The average molecular weight is 294 g/mol. The van der Waals surface area contributed by atoms with E-state index in [2.05, 4.69) is 62.5 Å². The van der Waals surface area contributed by atoms with Crippen LogP contribution in [0.3, 0.4) is 0 Å². The van der Waals surface area contributed by atoms with Crippen LogP contribution in [0.2, 0.25) is 0 Å². The fourth-order valence-corrected chi connectivity index (χ4v) is 2.55. The molecule has 2 atom stereocenters. The maximum absolute atomic E-state index is 4.46. The van der Waals surface area contributed by atoms with Gasteiger partial charge in [0.05, 0.1) is 6.54 Å². The van der Waals surface area contributed by atoms with Gasteiger partial charge in [0.2, 0.25) is 0 Å². The summed E-state index contributed by atoms with van der Waals surface area (Å²) in [7, 11) is 2.09. The maximum atomic E-state index is 4.46. The highest BCUT2D eigenvalue weighted by molar-refractivity contribution is 9.10. The van der Waals surface area contributed by atoms with Gasteiger partial charge in [-0.1, -0.05) is 28.1 Å². The van der Waals surface area contributed by atoms with Crippen molar-refractivity contribution >= 4 is 21.9 Å². The van der Waals surface area contributed by atoms with Crippen LogP contribution in [0, 0.1) is 0 Å². The molecule has 0 amide bonds. The van der Waals surface area contributed by atoms with Crippen molar-refractivity contribution in [3.05, 3.63) is 34.3 Å². The Labute approximate surface area is 110 Å². The third kappa shape index (κ3) is 2.32. The fraction of sp³-hybridized carbons (Fsp3) is 0.462. The number of aliphatic imine (C=N–C) groups is 1. The highest BCUT2D eigenvalue weighted by Gasteiger charge is 2.39. The Morgan fingerprint density at radius 2 is 2.12 bits per heavy atom. The standard InChI is InChI=1S/C13H16BrN3/c1-17-7-6-15-13(17)16-12-8-11(12)9-2-4-10(14)5-3-9/h2-5,11-12H,6-8H2,1H3,(H,15,16)/t11-,12+/m0/s1. The van der Waals surface area contributed by atoms with E-state index >= 15 is 0 Å². The van der Waals surface area contributed by atoms with Gasteiger partial charge in [-0.15, -0.1) is 0 Å². The summed E-state index contributed by atoms with van der Waals surface area (Å²) in [5.41, 5.74) is 1.42. The summed E-state index contributed by atoms with van der Waals surface area (Å²) in [6, 6.07) is 9.21. The number of likely N-dealkylation sites (N-methyl/N-ethyl adjacent to an activating group) is 1. The van der Waals surface area contributed by atoms with Crippen LogP contribution in [0.4, 0.5) is 0 Å². The first-order valence-corrected chi connectivity index (χ1v) is 6.81.